The van der Waals surface area contributed by atoms with Gasteiger partial charge in [0.15, 0.2) is 0 Å². The zero-order chi connectivity index (χ0) is 13.0. The van der Waals surface area contributed by atoms with Crippen molar-refractivity contribution in [1.29, 1.82) is 0 Å². The summed E-state index contributed by atoms with van der Waals surface area (Å²) in [5.41, 5.74) is -0.0547. The summed E-state index contributed by atoms with van der Waals surface area (Å²) >= 11 is 0. The lowest BCUT2D eigenvalue weighted by atomic mass is 10.1. The molecule has 0 saturated heterocycles. The van der Waals surface area contributed by atoms with Gasteiger partial charge in [-0.05, 0) is 34.6 Å². The fraction of sp³-hybridized carbons (Fsp3) is 1.00. The molecule has 0 aromatic carbocycles. The normalized spacial score (nSPS) is 13.9. The molecule has 0 amide bonds. The molecule has 0 fully saturated rings. The van der Waals surface area contributed by atoms with Gasteiger partial charge in [-0.2, -0.15) is 13.2 Å². The van der Waals surface area contributed by atoms with Gasteiger partial charge < -0.3 is 5.32 Å². The van der Waals surface area contributed by atoms with Crippen molar-refractivity contribution in [2.75, 3.05) is 19.6 Å². The highest BCUT2D eigenvalue weighted by molar-refractivity contribution is 4.73. The van der Waals surface area contributed by atoms with Crippen LogP contribution in [0.2, 0.25) is 0 Å². The summed E-state index contributed by atoms with van der Waals surface area (Å²) in [5.74, 6) is 0. The van der Waals surface area contributed by atoms with Crippen LogP contribution < -0.4 is 5.32 Å². The Kier molecular flexibility index (Phi) is 5.76. The number of nitrogens with one attached hydrogen (secondary N) is 1. The van der Waals surface area contributed by atoms with Crippen molar-refractivity contribution in [3.8, 4) is 0 Å². The minimum absolute atomic E-state index is 0.0547. The average molecular weight is 240 g/mol. The first-order chi connectivity index (χ1) is 7.01. The predicted molar refractivity (Wildman–Crippen MR) is 60.5 cm³/mol. The molecule has 0 aromatic rings. The maximum absolute atomic E-state index is 12.3. The highest BCUT2D eigenvalue weighted by atomic mass is 19.4. The number of nitrogens with zero attached hydrogens (tertiary/aromatic N) is 1. The Bertz CT molecular complexity index is 194. The summed E-state index contributed by atoms with van der Waals surface area (Å²) in [6.07, 6.45) is -4.12. The maximum atomic E-state index is 12.3. The molecule has 16 heavy (non-hydrogen) atoms. The quantitative estimate of drug-likeness (QED) is 0.794. The third-order valence-electron chi connectivity index (χ3n) is 2.17. The second kappa shape index (κ2) is 5.87. The summed E-state index contributed by atoms with van der Waals surface area (Å²) in [6, 6.07) is -0.0941. The SMILES string of the molecule is CC(C)N(CCNC(C)(C)C)CC(F)(F)F. The first kappa shape index (κ1) is 15.7. The van der Waals surface area contributed by atoms with Crippen LogP contribution in [0.1, 0.15) is 34.6 Å². The molecule has 0 aromatic heterocycles. The van der Waals surface area contributed by atoms with Crippen molar-refractivity contribution in [2.45, 2.75) is 52.4 Å². The molecule has 0 bridgehead atoms. The van der Waals surface area contributed by atoms with Crippen molar-refractivity contribution in [3.05, 3.63) is 0 Å². The highest BCUT2D eigenvalue weighted by Crippen LogP contribution is 2.17. The molecular formula is C11H23F3N2. The van der Waals surface area contributed by atoms with Crippen LogP contribution in [0, 0.1) is 0 Å². The lowest BCUT2D eigenvalue weighted by Crippen LogP contribution is -2.46. The molecule has 0 heterocycles. The van der Waals surface area contributed by atoms with Crippen LogP contribution in [-0.4, -0.2) is 42.3 Å². The minimum atomic E-state index is -4.12. The van der Waals surface area contributed by atoms with Gasteiger partial charge >= 0.3 is 6.18 Å². The molecular weight excluding hydrogens is 217 g/mol. The summed E-state index contributed by atoms with van der Waals surface area (Å²) in [6.45, 7) is 9.69. The van der Waals surface area contributed by atoms with E-state index < -0.39 is 12.7 Å². The molecule has 98 valence electrons. The number of alkyl halides is 3. The van der Waals surface area contributed by atoms with Crippen molar-refractivity contribution < 1.29 is 13.2 Å². The summed E-state index contributed by atoms with van der Waals surface area (Å²) in [5, 5.41) is 3.18. The van der Waals surface area contributed by atoms with E-state index >= 15 is 0 Å². The standard InChI is InChI=1S/C11H23F3N2/c1-9(2)16(8-11(12,13)14)7-6-15-10(3,4)5/h9,15H,6-8H2,1-5H3. The third-order valence-corrected chi connectivity index (χ3v) is 2.17. The van der Waals surface area contributed by atoms with E-state index in [4.69, 9.17) is 0 Å². The zero-order valence-electron chi connectivity index (χ0n) is 10.8. The van der Waals surface area contributed by atoms with E-state index in [-0.39, 0.29) is 11.6 Å². The van der Waals surface area contributed by atoms with E-state index in [1.165, 1.54) is 4.90 Å². The van der Waals surface area contributed by atoms with Gasteiger partial charge in [0, 0.05) is 24.7 Å². The van der Waals surface area contributed by atoms with Gasteiger partial charge in [-0.1, -0.05) is 0 Å². The number of hydrogen-bond donors (Lipinski definition) is 1. The molecule has 0 unspecified atom stereocenters. The van der Waals surface area contributed by atoms with Crippen molar-refractivity contribution >= 4 is 0 Å². The molecule has 5 heteroatoms. The molecule has 0 rings (SSSR count). The van der Waals surface area contributed by atoms with Crippen molar-refractivity contribution in [1.82, 2.24) is 10.2 Å². The Labute approximate surface area is 96.2 Å². The van der Waals surface area contributed by atoms with Gasteiger partial charge in [-0.15, -0.1) is 0 Å². The zero-order valence-corrected chi connectivity index (χ0v) is 10.8. The molecule has 0 aliphatic heterocycles. The molecule has 0 atom stereocenters. The molecule has 0 aliphatic carbocycles. The van der Waals surface area contributed by atoms with Crippen LogP contribution >= 0.6 is 0 Å². The van der Waals surface area contributed by atoms with Crippen LogP contribution in [0.25, 0.3) is 0 Å². The number of hydrogen-bond acceptors (Lipinski definition) is 2. The van der Waals surface area contributed by atoms with Gasteiger partial charge in [0.2, 0.25) is 0 Å². The smallest absolute Gasteiger partial charge is 0.311 e. The van der Waals surface area contributed by atoms with Gasteiger partial charge in [0.05, 0.1) is 6.54 Å². The van der Waals surface area contributed by atoms with E-state index in [0.717, 1.165) is 0 Å². The molecule has 0 saturated carbocycles. The largest absolute Gasteiger partial charge is 0.401 e. The lowest BCUT2D eigenvalue weighted by Gasteiger charge is -2.29. The van der Waals surface area contributed by atoms with E-state index in [1.807, 2.05) is 20.8 Å². The topological polar surface area (TPSA) is 15.3 Å². The first-order valence-electron chi connectivity index (χ1n) is 5.57. The lowest BCUT2D eigenvalue weighted by molar-refractivity contribution is -0.149. The Morgan fingerprint density at radius 2 is 1.62 bits per heavy atom. The van der Waals surface area contributed by atoms with E-state index in [0.29, 0.717) is 13.1 Å². The molecule has 0 spiro atoms. The fourth-order valence-corrected chi connectivity index (χ4v) is 1.32. The number of halogens is 3. The molecule has 1 N–H and O–H groups in total. The predicted octanol–water partition coefficient (Wildman–Crippen LogP) is 2.65. The number of rotatable bonds is 5. The highest BCUT2D eigenvalue weighted by Gasteiger charge is 2.31. The maximum Gasteiger partial charge on any atom is 0.401 e. The van der Waals surface area contributed by atoms with Crippen molar-refractivity contribution in [3.63, 3.8) is 0 Å². The third kappa shape index (κ3) is 8.97. The average Bonchev–Trinajstić information content (AvgIpc) is 1.97. The summed E-state index contributed by atoms with van der Waals surface area (Å²) in [7, 11) is 0. The van der Waals surface area contributed by atoms with Crippen LogP contribution in [0.3, 0.4) is 0 Å². The Morgan fingerprint density at radius 1 is 1.12 bits per heavy atom. The fourth-order valence-electron chi connectivity index (χ4n) is 1.32. The monoisotopic (exact) mass is 240 g/mol. The molecule has 0 aliphatic rings. The Hall–Kier alpha value is -0.290. The van der Waals surface area contributed by atoms with Gasteiger partial charge in [-0.25, -0.2) is 0 Å². The molecule has 2 nitrogen and oxygen atoms in total. The van der Waals surface area contributed by atoms with Crippen molar-refractivity contribution in [2.24, 2.45) is 0 Å². The Balaban J connectivity index is 4.06. The van der Waals surface area contributed by atoms with Crippen LogP contribution in [0.15, 0.2) is 0 Å². The first-order valence-corrected chi connectivity index (χ1v) is 5.57. The van der Waals surface area contributed by atoms with E-state index in [9.17, 15) is 13.2 Å². The Morgan fingerprint density at radius 3 is 1.94 bits per heavy atom. The summed E-state index contributed by atoms with van der Waals surface area (Å²) < 4.78 is 36.8. The second-order valence-electron chi connectivity index (χ2n) is 5.36. The van der Waals surface area contributed by atoms with Gasteiger partial charge in [0.1, 0.15) is 0 Å². The van der Waals surface area contributed by atoms with E-state index in [2.05, 4.69) is 5.32 Å². The van der Waals surface area contributed by atoms with E-state index in [1.54, 1.807) is 13.8 Å². The van der Waals surface area contributed by atoms with Crippen LogP contribution in [-0.2, 0) is 0 Å². The van der Waals surface area contributed by atoms with Crippen LogP contribution in [0.5, 0.6) is 0 Å². The minimum Gasteiger partial charge on any atom is -0.311 e. The summed E-state index contributed by atoms with van der Waals surface area (Å²) in [4.78, 5) is 1.43. The second-order valence-corrected chi connectivity index (χ2v) is 5.36. The van der Waals surface area contributed by atoms with Gasteiger partial charge in [0.25, 0.3) is 0 Å². The van der Waals surface area contributed by atoms with Gasteiger partial charge in [-0.3, -0.25) is 4.90 Å². The van der Waals surface area contributed by atoms with Crippen LogP contribution in [0.4, 0.5) is 13.2 Å². The molecule has 0 radical (unpaired) electrons.